The van der Waals surface area contributed by atoms with Crippen LogP contribution < -0.4 is 5.73 Å². The number of nitrogens with two attached hydrogens (primary N) is 1. The molecule has 1 heterocycles. The van der Waals surface area contributed by atoms with Gasteiger partial charge in [-0.3, -0.25) is 9.69 Å². The molecule has 0 aromatic heterocycles. The van der Waals surface area contributed by atoms with Gasteiger partial charge in [0, 0.05) is 12.6 Å². The highest BCUT2D eigenvalue weighted by molar-refractivity contribution is 5.75. The van der Waals surface area contributed by atoms with E-state index < -0.39 is 0 Å². The molecule has 0 aromatic rings. The maximum atomic E-state index is 11.6. The van der Waals surface area contributed by atoms with Crippen LogP contribution in [-0.2, 0) is 9.53 Å². The molecule has 0 bridgehead atoms. The third-order valence-electron chi connectivity index (χ3n) is 3.77. The average Bonchev–Trinajstić information content (AvgIpc) is 2.39. The number of carbonyl (C=O) groups is 1. The van der Waals surface area contributed by atoms with Crippen LogP contribution in [0.25, 0.3) is 0 Å². The van der Waals surface area contributed by atoms with Crippen molar-refractivity contribution in [3.8, 4) is 0 Å². The Kier molecular flexibility index (Phi) is 5.88. The Balaban J connectivity index is 2.51. The number of esters is 1. The lowest BCUT2D eigenvalue weighted by atomic mass is 10.0. The minimum Gasteiger partial charge on any atom is -0.468 e. The molecule has 1 unspecified atom stereocenters. The summed E-state index contributed by atoms with van der Waals surface area (Å²) in [5.41, 5.74) is 5.66. The van der Waals surface area contributed by atoms with E-state index in [9.17, 15) is 4.79 Å². The second kappa shape index (κ2) is 6.93. The van der Waals surface area contributed by atoms with Gasteiger partial charge in [-0.1, -0.05) is 6.92 Å². The predicted molar refractivity (Wildman–Crippen MR) is 67.8 cm³/mol. The first-order valence-electron chi connectivity index (χ1n) is 6.36. The average molecular weight is 243 g/mol. The Morgan fingerprint density at radius 1 is 1.53 bits per heavy atom. The Labute approximate surface area is 104 Å². The van der Waals surface area contributed by atoms with E-state index in [0.717, 1.165) is 32.5 Å². The molecule has 1 rings (SSSR count). The Morgan fingerprint density at radius 3 is 2.53 bits per heavy atom. The van der Waals surface area contributed by atoms with E-state index in [1.54, 1.807) is 0 Å². The lowest BCUT2D eigenvalue weighted by molar-refractivity contribution is -0.147. The molecule has 1 atom stereocenters. The third-order valence-corrected chi connectivity index (χ3v) is 3.77. The van der Waals surface area contributed by atoms with Crippen molar-refractivity contribution in [3.05, 3.63) is 0 Å². The molecular weight excluding hydrogens is 218 g/mol. The molecule has 0 amide bonds. The first-order chi connectivity index (χ1) is 8.13. The number of nitrogens with zero attached hydrogens (tertiary/aromatic N) is 2. The van der Waals surface area contributed by atoms with Crippen molar-refractivity contribution in [1.29, 1.82) is 0 Å². The molecule has 100 valence electrons. The number of piperidine rings is 1. The first kappa shape index (κ1) is 14.4. The molecule has 5 heteroatoms. The van der Waals surface area contributed by atoms with E-state index in [1.807, 2.05) is 7.05 Å². The van der Waals surface area contributed by atoms with E-state index in [2.05, 4.69) is 16.7 Å². The van der Waals surface area contributed by atoms with Crippen molar-refractivity contribution in [2.45, 2.75) is 31.8 Å². The topological polar surface area (TPSA) is 58.8 Å². The molecule has 0 aliphatic carbocycles. The summed E-state index contributed by atoms with van der Waals surface area (Å²) in [6.07, 6.45) is 2.19. The lowest BCUT2D eigenvalue weighted by Gasteiger charge is -2.38. The molecule has 0 aromatic carbocycles. The van der Waals surface area contributed by atoms with Crippen LogP contribution in [0.15, 0.2) is 0 Å². The number of hydrogen-bond acceptors (Lipinski definition) is 5. The number of hydrogen-bond donors (Lipinski definition) is 1. The van der Waals surface area contributed by atoms with Crippen LogP contribution in [0.2, 0.25) is 0 Å². The van der Waals surface area contributed by atoms with Crippen molar-refractivity contribution in [2.75, 3.05) is 40.3 Å². The zero-order valence-corrected chi connectivity index (χ0v) is 11.2. The van der Waals surface area contributed by atoms with Gasteiger partial charge in [0.25, 0.3) is 0 Å². The largest absolute Gasteiger partial charge is 0.468 e. The summed E-state index contributed by atoms with van der Waals surface area (Å²) in [6, 6.07) is 0.128. The standard InChI is InChI=1S/C12H25N3O2/c1-4-15-7-5-10(6-8-15)14(2)11(9-13)12(16)17-3/h10-11H,4-9,13H2,1-3H3. The summed E-state index contributed by atoms with van der Waals surface area (Å²) in [4.78, 5) is 16.1. The minimum absolute atomic E-state index is 0.229. The van der Waals surface area contributed by atoms with E-state index >= 15 is 0 Å². The number of likely N-dealkylation sites (N-methyl/N-ethyl adjacent to an activating group) is 1. The molecule has 1 aliphatic heterocycles. The predicted octanol–water partition coefficient (Wildman–Crippen LogP) is -0.0972. The van der Waals surface area contributed by atoms with Crippen LogP contribution in [0.1, 0.15) is 19.8 Å². The number of likely N-dealkylation sites (tertiary alicyclic amines) is 1. The zero-order valence-electron chi connectivity index (χ0n) is 11.2. The van der Waals surface area contributed by atoms with Crippen LogP contribution in [-0.4, -0.2) is 68.2 Å². The van der Waals surface area contributed by atoms with Gasteiger partial charge in [0.1, 0.15) is 6.04 Å². The zero-order chi connectivity index (χ0) is 12.8. The van der Waals surface area contributed by atoms with Crippen LogP contribution in [0.4, 0.5) is 0 Å². The minimum atomic E-state index is -0.307. The normalized spacial score (nSPS) is 20.5. The quantitative estimate of drug-likeness (QED) is 0.684. The number of rotatable bonds is 5. The van der Waals surface area contributed by atoms with E-state index in [1.165, 1.54) is 7.11 Å². The van der Waals surface area contributed by atoms with E-state index in [4.69, 9.17) is 10.5 Å². The Hall–Kier alpha value is -0.650. The van der Waals surface area contributed by atoms with Crippen molar-refractivity contribution < 1.29 is 9.53 Å². The van der Waals surface area contributed by atoms with Gasteiger partial charge in [-0.15, -0.1) is 0 Å². The number of ether oxygens (including phenoxy) is 1. The second-order valence-corrected chi connectivity index (χ2v) is 4.61. The third kappa shape index (κ3) is 3.66. The van der Waals surface area contributed by atoms with Gasteiger partial charge in [-0.05, 0) is 39.5 Å². The van der Waals surface area contributed by atoms with Crippen LogP contribution in [0.3, 0.4) is 0 Å². The maximum Gasteiger partial charge on any atom is 0.324 e. The first-order valence-corrected chi connectivity index (χ1v) is 6.36. The fourth-order valence-electron chi connectivity index (χ4n) is 2.46. The lowest BCUT2D eigenvalue weighted by Crippen LogP contribution is -2.52. The van der Waals surface area contributed by atoms with E-state index in [-0.39, 0.29) is 12.0 Å². The van der Waals surface area contributed by atoms with Gasteiger partial charge in [0.05, 0.1) is 7.11 Å². The highest BCUT2D eigenvalue weighted by atomic mass is 16.5. The summed E-state index contributed by atoms with van der Waals surface area (Å²) >= 11 is 0. The fraction of sp³-hybridized carbons (Fsp3) is 0.917. The van der Waals surface area contributed by atoms with Gasteiger partial charge in [0.2, 0.25) is 0 Å². The highest BCUT2D eigenvalue weighted by Crippen LogP contribution is 2.17. The Bertz CT molecular complexity index is 240. The van der Waals surface area contributed by atoms with Crippen LogP contribution in [0.5, 0.6) is 0 Å². The molecule has 1 fully saturated rings. The molecule has 17 heavy (non-hydrogen) atoms. The van der Waals surface area contributed by atoms with Crippen LogP contribution >= 0.6 is 0 Å². The van der Waals surface area contributed by atoms with Crippen molar-refractivity contribution >= 4 is 5.97 Å². The molecule has 0 spiro atoms. The van der Waals surface area contributed by atoms with E-state index in [0.29, 0.717) is 12.6 Å². The highest BCUT2D eigenvalue weighted by Gasteiger charge is 2.30. The molecule has 1 saturated heterocycles. The SMILES string of the molecule is CCN1CCC(N(C)C(CN)C(=O)OC)CC1. The van der Waals surface area contributed by atoms with Gasteiger partial charge in [0.15, 0.2) is 0 Å². The van der Waals surface area contributed by atoms with Gasteiger partial charge in [-0.25, -0.2) is 0 Å². The summed E-state index contributed by atoms with van der Waals surface area (Å²) < 4.78 is 4.79. The molecule has 2 N–H and O–H groups in total. The van der Waals surface area contributed by atoms with Gasteiger partial charge in [-0.2, -0.15) is 0 Å². The summed E-state index contributed by atoms with van der Waals surface area (Å²) in [7, 11) is 3.39. The van der Waals surface area contributed by atoms with Crippen molar-refractivity contribution in [1.82, 2.24) is 9.80 Å². The second-order valence-electron chi connectivity index (χ2n) is 4.61. The molecular formula is C12H25N3O2. The molecule has 5 nitrogen and oxygen atoms in total. The molecule has 0 radical (unpaired) electrons. The number of methoxy groups -OCH3 is 1. The molecule has 1 aliphatic rings. The summed E-state index contributed by atoms with van der Waals surface area (Å²) in [5.74, 6) is -0.229. The summed E-state index contributed by atoms with van der Waals surface area (Å²) in [5, 5.41) is 0. The van der Waals surface area contributed by atoms with Crippen LogP contribution in [0, 0.1) is 0 Å². The van der Waals surface area contributed by atoms with Gasteiger partial charge >= 0.3 is 5.97 Å². The monoisotopic (exact) mass is 243 g/mol. The summed E-state index contributed by atoms with van der Waals surface area (Å²) in [6.45, 7) is 5.81. The maximum absolute atomic E-state index is 11.6. The fourth-order valence-corrected chi connectivity index (χ4v) is 2.46. The number of carbonyl (C=O) groups excluding carboxylic acids is 1. The molecule has 0 saturated carbocycles. The smallest absolute Gasteiger partial charge is 0.324 e. The Morgan fingerprint density at radius 2 is 2.12 bits per heavy atom. The van der Waals surface area contributed by atoms with Gasteiger partial charge < -0.3 is 15.4 Å². The van der Waals surface area contributed by atoms with Crippen molar-refractivity contribution in [3.63, 3.8) is 0 Å². The van der Waals surface area contributed by atoms with Crippen molar-refractivity contribution in [2.24, 2.45) is 5.73 Å².